The lowest BCUT2D eigenvalue weighted by molar-refractivity contribution is 0.0519. The fourth-order valence-corrected chi connectivity index (χ4v) is 17.0. The first-order valence-corrected chi connectivity index (χ1v) is 37.7. The van der Waals surface area contributed by atoms with Crippen molar-refractivity contribution in [2.45, 2.75) is 147 Å². The molecule has 23 heteroatoms. The van der Waals surface area contributed by atoms with Gasteiger partial charge >= 0.3 is 12.2 Å². The van der Waals surface area contributed by atoms with Crippen molar-refractivity contribution in [3.8, 4) is 34.2 Å². The van der Waals surface area contributed by atoms with Gasteiger partial charge in [0.1, 0.15) is 17.0 Å². The number of nitrogens with zero attached hydrogens (tertiary/aromatic N) is 5. The Morgan fingerprint density at radius 2 is 0.800 bits per heavy atom. The van der Waals surface area contributed by atoms with E-state index in [4.69, 9.17) is 14.5 Å². The number of nitrogens with one attached hydrogen (secondary N) is 1. The van der Waals surface area contributed by atoms with Crippen LogP contribution in [0.5, 0.6) is 0 Å². The lowest BCUT2D eigenvalue weighted by Crippen LogP contribution is -2.41. The van der Waals surface area contributed by atoms with Crippen LogP contribution in [-0.2, 0) is 71.1 Å². The number of halogens is 1. The third-order valence-electron chi connectivity index (χ3n) is 16.2. The van der Waals surface area contributed by atoms with Gasteiger partial charge in [0.2, 0.25) is 0 Å². The molecule has 0 amide bonds. The number of carbonyl (C=O) groups excluding carboxylic acids is 2. The van der Waals surface area contributed by atoms with Crippen LogP contribution >= 0.6 is 22.6 Å². The van der Waals surface area contributed by atoms with E-state index in [1.54, 1.807) is 181 Å². The largest absolute Gasteiger partial charge is 0.443 e. The van der Waals surface area contributed by atoms with Crippen molar-refractivity contribution >= 4 is 64.3 Å². The zero-order valence-corrected chi connectivity index (χ0v) is 58.5. The van der Waals surface area contributed by atoms with Gasteiger partial charge in [-0.25, -0.2) is 49.8 Å². The average molecular weight is 1460 g/mol. The van der Waals surface area contributed by atoms with Gasteiger partial charge in [-0.1, -0.05) is 175 Å². The summed E-state index contributed by atoms with van der Waals surface area (Å²) in [6.45, 7) is 12.2. The van der Waals surface area contributed by atoms with E-state index in [1.807, 2.05) is 54.3 Å². The number of aromatic nitrogens is 6. The van der Waals surface area contributed by atoms with Crippen molar-refractivity contribution in [2.24, 2.45) is 0 Å². The molecular formula is C72H75IN6O13S3. The zero-order chi connectivity index (χ0) is 68.6. The number of sulfone groups is 3. The fraction of sp³-hybridized carbons (Fsp3) is 0.306. The fourth-order valence-electron chi connectivity index (χ4n) is 11.6. The van der Waals surface area contributed by atoms with Crippen LogP contribution in [0.4, 0.5) is 9.59 Å². The second-order valence-corrected chi connectivity index (χ2v) is 31.8. The minimum Gasteiger partial charge on any atom is -0.443 e. The van der Waals surface area contributed by atoms with E-state index in [0.717, 1.165) is 14.7 Å². The lowest BCUT2D eigenvalue weighted by Gasteiger charge is -2.29. The van der Waals surface area contributed by atoms with Crippen molar-refractivity contribution in [1.82, 2.24) is 29.1 Å². The van der Waals surface area contributed by atoms with Crippen LogP contribution in [0.15, 0.2) is 211 Å². The summed E-state index contributed by atoms with van der Waals surface area (Å²) in [7, 11) is -10.8. The van der Waals surface area contributed by atoms with Crippen LogP contribution in [0, 0.1) is 0 Å². The van der Waals surface area contributed by atoms with E-state index in [9.17, 15) is 49.2 Å². The summed E-state index contributed by atoms with van der Waals surface area (Å²) in [5.41, 5.74) is 1.71. The Morgan fingerprint density at radius 1 is 0.463 bits per heavy atom. The number of fused-ring (bicyclic) bond motifs is 3. The monoisotopic (exact) mass is 1450 g/mol. The van der Waals surface area contributed by atoms with Crippen LogP contribution in [0.25, 0.3) is 34.2 Å². The summed E-state index contributed by atoms with van der Waals surface area (Å²) in [6.07, 6.45) is 0.465. The summed E-state index contributed by atoms with van der Waals surface area (Å²) in [5, 5.41) is -2.15. The minimum atomic E-state index is -3.67. The highest BCUT2D eigenvalue weighted by Crippen LogP contribution is 2.36. The van der Waals surface area contributed by atoms with Crippen LogP contribution in [0.1, 0.15) is 107 Å². The van der Waals surface area contributed by atoms with Crippen molar-refractivity contribution < 1.29 is 44.3 Å². The van der Waals surface area contributed by atoms with Gasteiger partial charge in [0.25, 0.3) is 16.7 Å². The molecule has 1 N–H and O–H groups in total. The van der Waals surface area contributed by atoms with Crippen molar-refractivity contribution in [3.05, 3.63) is 247 Å². The number of hydrogen-bond acceptors (Lipinski definition) is 16. The maximum absolute atomic E-state index is 13.7. The molecule has 0 fully saturated rings. The van der Waals surface area contributed by atoms with Crippen LogP contribution in [-0.4, -0.2) is 98.4 Å². The molecule has 0 bridgehead atoms. The molecule has 3 aliphatic rings. The summed E-state index contributed by atoms with van der Waals surface area (Å²) >= 11 is 2.15. The summed E-state index contributed by atoms with van der Waals surface area (Å²) < 4.78 is 91.6. The van der Waals surface area contributed by atoms with E-state index < -0.39 is 79.8 Å². The number of H-pyrrole nitrogens is 1. The van der Waals surface area contributed by atoms with E-state index >= 15 is 0 Å². The van der Waals surface area contributed by atoms with Gasteiger partial charge < -0.3 is 14.5 Å². The molecule has 95 heavy (non-hydrogen) atoms. The van der Waals surface area contributed by atoms with Crippen LogP contribution in [0.3, 0.4) is 0 Å². The molecule has 0 radical (unpaired) electrons. The van der Waals surface area contributed by atoms with E-state index in [1.165, 1.54) is 0 Å². The molecule has 6 aromatic carbocycles. The normalized spacial score (nSPS) is 16.8. The van der Waals surface area contributed by atoms with E-state index in [2.05, 4.69) is 37.5 Å². The molecule has 9 aromatic rings. The molecule has 4 unspecified atom stereocenters. The Morgan fingerprint density at radius 3 is 1.21 bits per heavy atom. The molecular weight excluding hydrogens is 1380 g/mol. The van der Waals surface area contributed by atoms with Gasteiger partial charge in [0, 0.05) is 39.3 Å². The smallest absolute Gasteiger partial charge is 0.423 e. The third-order valence-corrected chi connectivity index (χ3v) is 22.7. The first kappa shape index (κ1) is 70.8. The molecule has 0 saturated heterocycles. The Labute approximate surface area is 567 Å². The summed E-state index contributed by atoms with van der Waals surface area (Å²) in [4.78, 5) is 85.5. The van der Waals surface area contributed by atoms with Crippen molar-refractivity contribution in [1.29, 1.82) is 0 Å². The topological polar surface area (TPSA) is 271 Å². The Kier molecular flexibility index (Phi) is 22.1. The van der Waals surface area contributed by atoms with Crippen LogP contribution < -0.4 is 16.7 Å². The Bertz CT molecular complexity index is 4780. The maximum Gasteiger partial charge on any atom is 0.423 e. The second-order valence-electron chi connectivity index (χ2n) is 25.1. The van der Waals surface area contributed by atoms with Crippen LogP contribution in [0.2, 0.25) is 0 Å². The molecule has 4 atom stereocenters. The van der Waals surface area contributed by atoms with Gasteiger partial charge in [-0.2, -0.15) is 9.13 Å². The highest BCUT2D eigenvalue weighted by molar-refractivity contribution is 14.1. The molecule has 12 rings (SSSR count). The molecule has 3 aliphatic carbocycles. The molecule has 0 spiro atoms. The van der Waals surface area contributed by atoms with E-state index in [0.29, 0.717) is 76.6 Å². The van der Waals surface area contributed by atoms with Gasteiger partial charge in [-0.05, 0) is 134 Å². The zero-order valence-electron chi connectivity index (χ0n) is 53.9. The standard InChI is InChI=1S/C26H28N2O5S.C25H26N2O5S.C20H18N2O3S.CH3I/c1-17-15-20(34(31,32)19-13-9-6-10-14-19)16-21-22(17)27-23(18-11-7-5-8-12-18)28(24(21)29)25(30)33-26(2,3)4;1-25(2,3)32-24(29)27-22(17-10-6-4-7-11-17)26-21-15-14-19(16-20(21)23(27)28)33(30,31)18-12-8-5-9-13-18;23-20-17-13-16(26(24,25)15-9-5-2-6-10-15)11-12-18(17)21-19(22-20)14-7-3-1-4-8-14;1-2/h5-14,17,20H,15-16H2,1-4H3;4-13,19H,14-16H2,1-3H3;1-10,16H,11-13H2,(H,21,22,23);1H3. The maximum atomic E-state index is 13.7. The number of benzene rings is 6. The van der Waals surface area contributed by atoms with Crippen molar-refractivity contribution in [2.75, 3.05) is 4.93 Å². The molecule has 19 nitrogen and oxygen atoms in total. The van der Waals surface area contributed by atoms with E-state index in [-0.39, 0.29) is 63.3 Å². The SMILES string of the molecule is CC(C)(C)OC(=O)n1c(-c2ccccc2)nc2c(c1=O)CC(S(=O)(=O)c1ccccc1)CC2.CC1CC(S(=O)(=O)c2ccccc2)Cc2c1nc(-c1ccccc1)n(C(=O)OC(C)(C)C)c2=O.CI.O=c1[nH]c(-c2ccccc2)nc2c1CC(S(=O)(=O)c1ccccc1)CC2. The Hall–Kier alpha value is -8.52. The van der Waals surface area contributed by atoms with Gasteiger partial charge in [-0.15, -0.1) is 0 Å². The number of alkyl halides is 1. The number of rotatable bonds is 9. The molecule has 3 aromatic heterocycles. The molecule has 0 aliphatic heterocycles. The lowest BCUT2D eigenvalue weighted by atomic mass is 9.88. The van der Waals surface area contributed by atoms with Gasteiger partial charge in [0.15, 0.2) is 41.2 Å². The number of carbonyl (C=O) groups is 2. The molecule has 3 heterocycles. The predicted octanol–water partition coefficient (Wildman–Crippen LogP) is 12.4. The molecule has 496 valence electrons. The molecule has 0 saturated carbocycles. The first-order chi connectivity index (χ1) is 45.1. The van der Waals surface area contributed by atoms with Gasteiger partial charge in [0.05, 0.1) is 47.5 Å². The Balaban J connectivity index is 0.000000167. The number of hydrogen-bond donors (Lipinski definition) is 1. The number of aryl methyl sites for hydroxylation is 2. The number of aromatic amines is 1. The third kappa shape index (κ3) is 16.2. The minimum absolute atomic E-state index is 0.00371. The quantitative estimate of drug-likeness (QED) is 0.104. The summed E-state index contributed by atoms with van der Waals surface area (Å²) in [5.74, 6) is 0.627. The average Bonchev–Trinajstić information content (AvgIpc) is 0.760. The highest BCUT2D eigenvalue weighted by atomic mass is 127. The van der Waals surface area contributed by atoms with Gasteiger partial charge in [-0.3, -0.25) is 14.4 Å². The highest BCUT2D eigenvalue weighted by Gasteiger charge is 2.40. The first-order valence-electron chi connectivity index (χ1n) is 30.9. The summed E-state index contributed by atoms with van der Waals surface area (Å²) in [6, 6.07) is 52.2. The number of ether oxygens (including phenoxy) is 2. The second kappa shape index (κ2) is 29.6. The van der Waals surface area contributed by atoms with Crippen molar-refractivity contribution in [3.63, 3.8) is 0 Å². The predicted molar refractivity (Wildman–Crippen MR) is 374 cm³/mol.